The molecule has 2 heterocycles. The van der Waals surface area contributed by atoms with E-state index in [9.17, 15) is 10.1 Å². The highest BCUT2D eigenvalue weighted by Crippen LogP contribution is 2.30. The molecule has 3 rings (SSSR count). The molecule has 3 aromatic rings. The summed E-state index contributed by atoms with van der Waals surface area (Å²) in [4.78, 5) is 15.5. The fraction of sp³-hybridized carbons (Fsp3) is 0.235. The van der Waals surface area contributed by atoms with Gasteiger partial charge in [-0.3, -0.25) is 0 Å². The lowest BCUT2D eigenvalue weighted by atomic mass is 10.0. The molecule has 0 saturated heterocycles. The average molecular weight is 310 g/mol. The number of benzene rings is 1. The summed E-state index contributed by atoms with van der Waals surface area (Å²) in [6.45, 7) is 2.09. The third kappa shape index (κ3) is 3.01. The molecule has 2 aromatic heterocycles. The first-order valence-electron chi connectivity index (χ1n) is 7.63. The molecule has 23 heavy (non-hydrogen) atoms. The van der Waals surface area contributed by atoms with Gasteiger partial charge in [-0.05, 0) is 23.0 Å². The van der Waals surface area contributed by atoms with Gasteiger partial charge in [0, 0.05) is 6.07 Å². The summed E-state index contributed by atoms with van der Waals surface area (Å²) in [5, 5.41) is 14.7. The maximum absolute atomic E-state index is 11.5. The molecule has 1 N–H and O–H groups in total. The maximum Gasteiger partial charge on any atom is 0.372 e. The van der Waals surface area contributed by atoms with E-state index in [0.717, 1.165) is 18.4 Å². The average Bonchev–Trinajstić information content (AvgIpc) is 2.93. The largest absolute Gasteiger partial charge is 0.372 e. The molecule has 118 valence electrons. The Bertz CT molecular complexity index is 814. The third-order valence-electron chi connectivity index (χ3n) is 3.77. The number of nitro groups is 1. The van der Waals surface area contributed by atoms with E-state index >= 15 is 0 Å². The Balaban J connectivity index is 2.02. The fourth-order valence-electron chi connectivity index (χ4n) is 2.72. The molecule has 0 aliphatic carbocycles. The van der Waals surface area contributed by atoms with Crippen molar-refractivity contribution in [3.8, 4) is 0 Å². The number of nitrogens with one attached hydrogen (secondary N) is 1. The predicted octanol–water partition coefficient (Wildman–Crippen LogP) is 4.20. The highest BCUT2D eigenvalue weighted by Gasteiger charge is 2.24. The number of hydrogen-bond donors (Lipinski definition) is 1. The molecular weight excluding hydrogens is 292 g/mol. The van der Waals surface area contributed by atoms with Crippen LogP contribution in [0.1, 0.15) is 31.4 Å². The summed E-state index contributed by atoms with van der Waals surface area (Å²) in [6, 6.07) is 15.3. The van der Waals surface area contributed by atoms with Crippen LogP contribution in [-0.2, 0) is 0 Å². The highest BCUT2D eigenvalue weighted by molar-refractivity contribution is 5.62. The number of fused-ring (bicyclic) bond motifs is 1. The van der Waals surface area contributed by atoms with Crippen molar-refractivity contribution in [2.24, 2.45) is 0 Å². The normalized spacial score (nSPS) is 12.2. The van der Waals surface area contributed by atoms with Crippen LogP contribution < -0.4 is 5.32 Å². The second-order valence-electron chi connectivity index (χ2n) is 5.37. The Kier molecular flexibility index (Phi) is 4.23. The van der Waals surface area contributed by atoms with Crippen molar-refractivity contribution in [3.63, 3.8) is 0 Å². The second kappa shape index (κ2) is 6.48. The Morgan fingerprint density at radius 3 is 2.65 bits per heavy atom. The molecule has 0 fully saturated rings. The fourth-order valence-corrected chi connectivity index (χ4v) is 2.72. The summed E-state index contributed by atoms with van der Waals surface area (Å²) >= 11 is 0. The summed E-state index contributed by atoms with van der Waals surface area (Å²) in [7, 11) is 0. The number of rotatable bonds is 6. The van der Waals surface area contributed by atoms with Gasteiger partial charge >= 0.3 is 5.82 Å². The van der Waals surface area contributed by atoms with Crippen LogP contribution in [0.2, 0.25) is 0 Å². The third-order valence-corrected chi connectivity index (χ3v) is 3.77. The zero-order valence-corrected chi connectivity index (χ0v) is 12.8. The molecule has 6 heteroatoms. The van der Waals surface area contributed by atoms with Crippen LogP contribution in [0.25, 0.3) is 5.65 Å². The van der Waals surface area contributed by atoms with E-state index in [1.54, 1.807) is 18.3 Å². The van der Waals surface area contributed by atoms with E-state index in [0.29, 0.717) is 11.5 Å². The van der Waals surface area contributed by atoms with Crippen molar-refractivity contribution in [2.45, 2.75) is 25.8 Å². The van der Waals surface area contributed by atoms with Gasteiger partial charge in [0.2, 0.25) is 11.5 Å². The molecule has 0 saturated carbocycles. The molecule has 1 unspecified atom stereocenters. The van der Waals surface area contributed by atoms with Gasteiger partial charge in [-0.2, -0.15) is 9.38 Å². The van der Waals surface area contributed by atoms with Gasteiger partial charge in [0.15, 0.2) is 0 Å². The minimum atomic E-state index is -0.393. The van der Waals surface area contributed by atoms with E-state index < -0.39 is 4.92 Å². The lowest BCUT2D eigenvalue weighted by Gasteiger charge is -2.18. The lowest BCUT2D eigenvalue weighted by molar-refractivity contribution is -0.389. The van der Waals surface area contributed by atoms with E-state index in [1.807, 2.05) is 36.4 Å². The SMILES string of the molecule is CCCC(Nc1nc2ccccn2c1[N+](=O)[O-])c1ccccc1. The van der Waals surface area contributed by atoms with Crippen LogP contribution in [0.4, 0.5) is 11.6 Å². The Morgan fingerprint density at radius 1 is 1.22 bits per heavy atom. The van der Waals surface area contributed by atoms with Gasteiger partial charge in [0.1, 0.15) is 0 Å². The second-order valence-corrected chi connectivity index (χ2v) is 5.37. The number of imidazole rings is 1. The van der Waals surface area contributed by atoms with E-state index in [-0.39, 0.29) is 11.9 Å². The minimum absolute atomic E-state index is 0.00943. The number of anilines is 1. The molecule has 0 aliphatic heterocycles. The zero-order chi connectivity index (χ0) is 16.2. The molecule has 0 bridgehead atoms. The van der Waals surface area contributed by atoms with Crippen molar-refractivity contribution >= 4 is 17.3 Å². The van der Waals surface area contributed by atoms with Gasteiger partial charge < -0.3 is 15.4 Å². The van der Waals surface area contributed by atoms with E-state index in [1.165, 1.54) is 4.40 Å². The molecule has 0 aliphatic rings. The summed E-state index contributed by atoms with van der Waals surface area (Å²) in [5.74, 6) is 0.279. The lowest BCUT2D eigenvalue weighted by Crippen LogP contribution is -2.12. The summed E-state index contributed by atoms with van der Waals surface area (Å²) in [6.07, 6.45) is 3.49. The maximum atomic E-state index is 11.5. The van der Waals surface area contributed by atoms with Crippen LogP contribution in [0, 0.1) is 10.1 Å². The van der Waals surface area contributed by atoms with Gasteiger partial charge in [-0.1, -0.05) is 49.7 Å². The van der Waals surface area contributed by atoms with Gasteiger partial charge in [-0.25, -0.2) is 0 Å². The first kappa shape index (κ1) is 15.0. The highest BCUT2D eigenvalue weighted by atomic mass is 16.6. The molecule has 1 aromatic carbocycles. The molecule has 0 spiro atoms. The van der Waals surface area contributed by atoms with Crippen molar-refractivity contribution in [1.82, 2.24) is 9.38 Å². The predicted molar refractivity (Wildman–Crippen MR) is 89.6 cm³/mol. The Morgan fingerprint density at radius 2 is 1.96 bits per heavy atom. The van der Waals surface area contributed by atoms with Crippen molar-refractivity contribution in [2.75, 3.05) is 5.32 Å². The van der Waals surface area contributed by atoms with E-state index in [4.69, 9.17) is 0 Å². The van der Waals surface area contributed by atoms with Crippen LogP contribution in [-0.4, -0.2) is 14.3 Å². The van der Waals surface area contributed by atoms with Gasteiger partial charge in [-0.15, -0.1) is 0 Å². The quantitative estimate of drug-likeness (QED) is 0.547. The van der Waals surface area contributed by atoms with Crippen molar-refractivity contribution in [1.29, 1.82) is 0 Å². The van der Waals surface area contributed by atoms with Gasteiger partial charge in [0.05, 0.1) is 12.2 Å². The van der Waals surface area contributed by atoms with Gasteiger partial charge in [0.25, 0.3) is 0 Å². The molecule has 0 radical (unpaired) electrons. The summed E-state index contributed by atoms with van der Waals surface area (Å²) < 4.78 is 1.50. The smallest absolute Gasteiger partial charge is 0.358 e. The number of pyridine rings is 1. The Hall–Kier alpha value is -2.89. The molecule has 6 nitrogen and oxygen atoms in total. The first-order valence-corrected chi connectivity index (χ1v) is 7.63. The van der Waals surface area contributed by atoms with Crippen LogP contribution in [0.3, 0.4) is 0 Å². The van der Waals surface area contributed by atoms with Crippen LogP contribution in [0.15, 0.2) is 54.7 Å². The van der Waals surface area contributed by atoms with Crippen LogP contribution in [0.5, 0.6) is 0 Å². The number of nitrogens with zero attached hydrogens (tertiary/aromatic N) is 3. The zero-order valence-electron chi connectivity index (χ0n) is 12.8. The topological polar surface area (TPSA) is 72.5 Å². The standard InChI is InChI=1S/C17H18N4O2/c1-2-8-14(13-9-4-3-5-10-13)18-16-17(21(22)23)20-12-7-6-11-15(20)19-16/h3-7,9-12,14,18H,2,8H2,1H3. The van der Waals surface area contributed by atoms with E-state index in [2.05, 4.69) is 17.2 Å². The molecular formula is C17H18N4O2. The number of hydrogen-bond acceptors (Lipinski definition) is 4. The van der Waals surface area contributed by atoms with Crippen molar-refractivity contribution < 1.29 is 4.92 Å². The minimum Gasteiger partial charge on any atom is -0.358 e. The van der Waals surface area contributed by atoms with Crippen molar-refractivity contribution in [3.05, 3.63) is 70.4 Å². The first-order chi connectivity index (χ1) is 11.2. The molecule has 0 amide bonds. The number of aromatic nitrogens is 2. The molecule has 1 atom stereocenters. The van der Waals surface area contributed by atoms with Crippen LogP contribution >= 0.6 is 0 Å². The summed E-state index contributed by atoms with van der Waals surface area (Å²) in [5.41, 5.74) is 1.66. The monoisotopic (exact) mass is 310 g/mol. The Labute approximate surface area is 133 Å².